The van der Waals surface area contributed by atoms with Gasteiger partial charge in [0.2, 0.25) is 0 Å². The molecule has 0 aliphatic rings. The first kappa shape index (κ1) is 20.9. The second-order valence-electron chi connectivity index (χ2n) is 6.47. The summed E-state index contributed by atoms with van der Waals surface area (Å²) in [7, 11) is 0. The van der Waals surface area contributed by atoms with Gasteiger partial charge in [-0.3, -0.25) is 0 Å². The Kier molecular flexibility index (Phi) is 15.5. The Hall–Kier alpha value is -1.05. The summed E-state index contributed by atoms with van der Waals surface area (Å²) in [6, 6.07) is 0. The van der Waals surface area contributed by atoms with Crippen LogP contribution in [-0.4, -0.2) is 11.1 Å². The lowest BCUT2D eigenvalue weighted by Crippen LogP contribution is -1.95. The summed E-state index contributed by atoms with van der Waals surface area (Å²) in [6.07, 6.45) is 21.6. The van der Waals surface area contributed by atoms with E-state index in [1.165, 1.54) is 76.7 Å². The minimum atomic E-state index is -0.838. The normalized spacial score (nSPS) is 12.6. The summed E-state index contributed by atoms with van der Waals surface area (Å²) in [6.45, 7) is 6.15. The van der Waals surface area contributed by atoms with E-state index in [1.807, 2.05) is 6.08 Å². The van der Waals surface area contributed by atoms with E-state index in [0.29, 0.717) is 0 Å². The van der Waals surface area contributed by atoms with Crippen molar-refractivity contribution in [2.75, 3.05) is 0 Å². The van der Waals surface area contributed by atoms with E-state index >= 15 is 0 Å². The molecule has 0 spiro atoms. The van der Waals surface area contributed by atoms with Gasteiger partial charge in [-0.1, -0.05) is 76.9 Å². The molecule has 1 atom stereocenters. The molecule has 0 aromatic heterocycles. The van der Waals surface area contributed by atoms with E-state index in [9.17, 15) is 4.79 Å². The Morgan fingerprint density at radius 2 is 1.41 bits per heavy atom. The lowest BCUT2D eigenvalue weighted by atomic mass is 9.96. The van der Waals surface area contributed by atoms with Crippen LogP contribution < -0.4 is 0 Å². The number of hydrogen-bond donors (Lipinski definition) is 1. The third-order valence-electron chi connectivity index (χ3n) is 4.18. The Bertz CT molecular complexity index is 294. The van der Waals surface area contributed by atoms with Gasteiger partial charge in [0.25, 0.3) is 0 Å². The first-order chi connectivity index (χ1) is 10.7. The SMILES string of the molecule is C=CCCCCCCC(C)CCCCCCCC=CC(=O)O. The topological polar surface area (TPSA) is 37.3 Å². The van der Waals surface area contributed by atoms with Gasteiger partial charge in [-0.05, 0) is 31.6 Å². The van der Waals surface area contributed by atoms with Crippen LogP contribution in [0.5, 0.6) is 0 Å². The number of allylic oxidation sites excluding steroid dienone is 2. The fraction of sp³-hybridized carbons (Fsp3) is 0.750. The molecule has 0 fully saturated rings. The van der Waals surface area contributed by atoms with Gasteiger partial charge in [-0.2, -0.15) is 0 Å². The number of carboxylic acid groups (broad SMARTS) is 1. The molecule has 1 unspecified atom stereocenters. The molecule has 0 bridgehead atoms. The van der Waals surface area contributed by atoms with Gasteiger partial charge in [0.05, 0.1) is 0 Å². The van der Waals surface area contributed by atoms with Gasteiger partial charge in [0, 0.05) is 6.08 Å². The zero-order chi connectivity index (χ0) is 16.5. The fourth-order valence-corrected chi connectivity index (χ4v) is 2.75. The van der Waals surface area contributed by atoms with E-state index in [1.54, 1.807) is 6.08 Å². The van der Waals surface area contributed by atoms with Crippen molar-refractivity contribution in [3.63, 3.8) is 0 Å². The predicted molar refractivity (Wildman–Crippen MR) is 96.2 cm³/mol. The van der Waals surface area contributed by atoms with Crippen LogP contribution in [0.25, 0.3) is 0 Å². The predicted octanol–water partition coefficient (Wildman–Crippen LogP) is 6.52. The highest BCUT2D eigenvalue weighted by Crippen LogP contribution is 2.18. The molecular formula is C20H36O2. The third-order valence-corrected chi connectivity index (χ3v) is 4.18. The van der Waals surface area contributed by atoms with Crippen molar-refractivity contribution < 1.29 is 9.90 Å². The average molecular weight is 309 g/mol. The van der Waals surface area contributed by atoms with E-state index in [2.05, 4.69) is 13.5 Å². The maximum atomic E-state index is 10.3. The summed E-state index contributed by atoms with van der Waals surface area (Å²) in [5, 5.41) is 8.46. The molecule has 2 nitrogen and oxygen atoms in total. The summed E-state index contributed by atoms with van der Waals surface area (Å²) >= 11 is 0. The molecule has 0 saturated carbocycles. The van der Waals surface area contributed by atoms with Gasteiger partial charge in [0.1, 0.15) is 0 Å². The highest BCUT2D eigenvalue weighted by atomic mass is 16.4. The van der Waals surface area contributed by atoms with Crippen molar-refractivity contribution in [3.05, 3.63) is 24.8 Å². The standard InChI is InChI=1S/C20H36O2/c1-3-4-5-6-10-13-16-19(2)17-14-11-8-7-9-12-15-18-20(21)22/h3,15,18-19H,1,4-14,16-17H2,2H3,(H,21,22). The first-order valence-corrected chi connectivity index (χ1v) is 9.17. The number of carboxylic acids is 1. The van der Waals surface area contributed by atoms with E-state index < -0.39 is 5.97 Å². The highest BCUT2D eigenvalue weighted by Gasteiger charge is 2.01. The molecule has 128 valence electrons. The number of carbonyl (C=O) groups is 1. The van der Waals surface area contributed by atoms with Crippen LogP contribution in [0.1, 0.15) is 90.4 Å². The van der Waals surface area contributed by atoms with Crippen LogP contribution in [-0.2, 0) is 4.79 Å². The van der Waals surface area contributed by atoms with Gasteiger partial charge in [-0.25, -0.2) is 4.79 Å². The van der Waals surface area contributed by atoms with Gasteiger partial charge >= 0.3 is 5.97 Å². The smallest absolute Gasteiger partial charge is 0.327 e. The lowest BCUT2D eigenvalue weighted by molar-refractivity contribution is -0.131. The van der Waals surface area contributed by atoms with Crippen molar-refractivity contribution in [1.82, 2.24) is 0 Å². The largest absolute Gasteiger partial charge is 0.478 e. The minimum Gasteiger partial charge on any atom is -0.478 e. The summed E-state index contributed by atoms with van der Waals surface area (Å²) in [5.74, 6) is 0.0348. The van der Waals surface area contributed by atoms with Crippen LogP contribution in [0.3, 0.4) is 0 Å². The fourth-order valence-electron chi connectivity index (χ4n) is 2.75. The molecule has 0 amide bonds. The lowest BCUT2D eigenvalue weighted by Gasteiger charge is -2.10. The molecule has 0 aromatic carbocycles. The van der Waals surface area contributed by atoms with E-state index in [4.69, 9.17) is 5.11 Å². The van der Waals surface area contributed by atoms with E-state index in [0.717, 1.165) is 18.8 Å². The Labute approximate surface area is 137 Å². The molecule has 1 N–H and O–H groups in total. The van der Waals surface area contributed by atoms with Gasteiger partial charge in [-0.15, -0.1) is 6.58 Å². The molecule has 2 heteroatoms. The van der Waals surface area contributed by atoms with Crippen LogP contribution in [0.4, 0.5) is 0 Å². The second-order valence-corrected chi connectivity index (χ2v) is 6.47. The van der Waals surface area contributed by atoms with Crippen molar-refractivity contribution in [2.45, 2.75) is 90.4 Å². The molecule has 0 aliphatic heterocycles. The van der Waals surface area contributed by atoms with Crippen LogP contribution in [0, 0.1) is 5.92 Å². The van der Waals surface area contributed by atoms with Crippen molar-refractivity contribution in [2.24, 2.45) is 5.92 Å². The summed E-state index contributed by atoms with van der Waals surface area (Å²) < 4.78 is 0. The molecular weight excluding hydrogens is 272 g/mol. The maximum absolute atomic E-state index is 10.3. The quantitative estimate of drug-likeness (QED) is 0.200. The molecule has 0 heterocycles. The summed E-state index contributed by atoms with van der Waals surface area (Å²) in [4.78, 5) is 10.3. The Morgan fingerprint density at radius 1 is 0.909 bits per heavy atom. The molecule has 0 aliphatic carbocycles. The number of unbranched alkanes of at least 4 members (excludes halogenated alkanes) is 9. The Morgan fingerprint density at radius 3 is 1.95 bits per heavy atom. The molecule has 0 aromatic rings. The van der Waals surface area contributed by atoms with Gasteiger partial charge < -0.3 is 5.11 Å². The first-order valence-electron chi connectivity index (χ1n) is 9.17. The van der Waals surface area contributed by atoms with Crippen LogP contribution in [0.15, 0.2) is 24.8 Å². The van der Waals surface area contributed by atoms with E-state index in [-0.39, 0.29) is 0 Å². The van der Waals surface area contributed by atoms with Crippen LogP contribution in [0.2, 0.25) is 0 Å². The monoisotopic (exact) mass is 308 g/mol. The molecule has 0 rings (SSSR count). The minimum absolute atomic E-state index is 0.838. The summed E-state index contributed by atoms with van der Waals surface area (Å²) in [5.41, 5.74) is 0. The molecule has 22 heavy (non-hydrogen) atoms. The number of hydrogen-bond acceptors (Lipinski definition) is 1. The zero-order valence-electron chi connectivity index (χ0n) is 14.6. The van der Waals surface area contributed by atoms with Crippen molar-refractivity contribution >= 4 is 5.97 Å². The number of rotatable bonds is 16. The van der Waals surface area contributed by atoms with Crippen molar-refractivity contribution in [1.29, 1.82) is 0 Å². The number of aliphatic carboxylic acids is 1. The van der Waals surface area contributed by atoms with Crippen LogP contribution >= 0.6 is 0 Å². The van der Waals surface area contributed by atoms with Gasteiger partial charge in [0.15, 0.2) is 0 Å². The highest BCUT2D eigenvalue weighted by molar-refractivity contribution is 5.79. The second kappa shape index (κ2) is 16.3. The van der Waals surface area contributed by atoms with Crippen molar-refractivity contribution in [3.8, 4) is 0 Å². The molecule has 0 saturated heterocycles. The molecule has 0 radical (unpaired) electrons. The zero-order valence-corrected chi connectivity index (χ0v) is 14.6. The third kappa shape index (κ3) is 17.0. The average Bonchev–Trinajstić information content (AvgIpc) is 2.48. The maximum Gasteiger partial charge on any atom is 0.327 e. The Balaban J connectivity index is 3.22.